The van der Waals surface area contributed by atoms with Crippen molar-refractivity contribution < 1.29 is 33.8 Å². The second-order valence-corrected chi connectivity index (χ2v) is 4.28. The van der Waals surface area contributed by atoms with Gasteiger partial charge in [0.2, 0.25) is 0 Å². The number of aliphatic hydroxyl groups excluding tert-OH is 1. The van der Waals surface area contributed by atoms with Gasteiger partial charge < -0.3 is 29.1 Å². The second-order valence-electron chi connectivity index (χ2n) is 4.28. The molecular formula is C13H17IN2O. The van der Waals surface area contributed by atoms with Gasteiger partial charge in [0.05, 0.1) is 0 Å². The summed E-state index contributed by atoms with van der Waals surface area (Å²) in [6.45, 7) is 6.92. The highest BCUT2D eigenvalue weighted by Crippen LogP contribution is 2.19. The highest BCUT2D eigenvalue weighted by Gasteiger charge is 2.11. The number of rotatable bonds is 2. The number of aromatic nitrogens is 2. The molecule has 4 heteroatoms. The summed E-state index contributed by atoms with van der Waals surface area (Å²) in [5.74, 6) is 0. The fraction of sp³-hybridized carbons (Fsp3) is 0.385. The van der Waals surface area contributed by atoms with E-state index >= 15 is 0 Å². The van der Waals surface area contributed by atoms with Gasteiger partial charge in [-0.05, 0) is 32.4 Å². The van der Waals surface area contributed by atoms with Gasteiger partial charge in [-0.1, -0.05) is 16.3 Å². The van der Waals surface area contributed by atoms with Gasteiger partial charge in [0.1, 0.15) is 12.1 Å². The molecule has 0 unspecified atom stereocenters. The van der Waals surface area contributed by atoms with Crippen LogP contribution >= 0.6 is 0 Å². The number of nitrogens with zero attached hydrogens (tertiary/aromatic N) is 2. The molecule has 0 saturated carbocycles. The van der Waals surface area contributed by atoms with E-state index in [0.717, 1.165) is 5.52 Å². The molecule has 17 heavy (non-hydrogen) atoms. The molecule has 0 aliphatic carbocycles. The first kappa shape index (κ1) is 14.3. The topological polar surface area (TPSA) is 37.0 Å². The third-order valence-electron chi connectivity index (χ3n) is 2.77. The van der Waals surface area contributed by atoms with Crippen molar-refractivity contribution in [2.75, 3.05) is 6.61 Å². The molecule has 92 valence electrons. The summed E-state index contributed by atoms with van der Waals surface area (Å²) in [6.07, 6.45) is 1.98. The summed E-state index contributed by atoms with van der Waals surface area (Å²) in [4.78, 5) is 0. The van der Waals surface area contributed by atoms with E-state index in [0.29, 0.717) is 6.54 Å². The van der Waals surface area contributed by atoms with Gasteiger partial charge in [0.25, 0.3) is 0 Å². The molecule has 0 aliphatic rings. The van der Waals surface area contributed by atoms with Crippen molar-refractivity contribution in [1.82, 2.24) is 5.10 Å². The average molecular weight is 344 g/mol. The Balaban J connectivity index is 0.00000144. The number of halogens is 1. The molecule has 1 N–H and O–H groups in total. The zero-order valence-electron chi connectivity index (χ0n) is 10.4. The number of hydrogen-bond acceptors (Lipinski definition) is 2. The van der Waals surface area contributed by atoms with E-state index in [2.05, 4.69) is 38.0 Å². The number of fused-ring (bicyclic) bond motifs is 1. The Hall–Kier alpha value is -0.750. The quantitative estimate of drug-likeness (QED) is 0.529. The number of aryl methyl sites for hydroxylation is 3. The Morgan fingerprint density at radius 1 is 1.18 bits per heavy atom. The normalized spacial score (nSPS) is 10.4. The Bertz CT molecular complexity index is 540. The van der Waals surface area contributed by atoms with Gasteiger partial charge in [0, 0.05) is 16.0 Å². The average Bonchev–Trinajstić information content (AvgIpc) is 2.20. The Kier molecular flexibility index (Phi) is 4.82. The molecule has 0 fully saturated rings. The van der Waals surface area contributed by atoms with Crippen molar-refractivity contribution in [2.24, 2.45) is 0 Å². The number of aliphatic hydroxyl groups is 1. The molecule has 2 aromatic rings. The first-order chi connectivity index (χ1) is 7.61. The fourth-order valence-corrected chi connectivity index (χ4v) is 2.06. The Labute approximate surface area is 118 Å². The lowest BCUT2D eigenvalue weighted by atomic mass is 10.0. The van der Waals surface area contributed by atoms with Crippen LogP contribution in [0, 0.1) is 20.8 Å². The molecule has 1 aromatic carbocycles. The lowest BCUT2D eigenvalue weighted by Crippen LogP contribution is -3.00. The zero-order chi connectivity index (χ0) is 11.7. The molecule has 0 bridgehead atoms. The zero-order valence-corrected chi connectivity index (χ0v) is 12.5. The van der Waals surface area contributed by atoms with Crippen LogP contribution in [0.15, 0.2) is 18.3 Å². The molecule has 0 radical (unpaired) electrons. The van der Waals surface area contributed by atoms with E-state index in [1.165, 1.54) is 22.1 Å². The Morgan fingerprint density at radius 2 is 1.88 bits per heavy atom. The minimum absolute atomic E-state index is 0. The van der Waals surface area contributed by atoms with Crippen LogP contribution in [-0.2, 0) is 6.54 Å². The molecular weight excluding hydrogens is 327 g/mol. The molecule has 0 atom stereocenters. The molecule has 0 saturated heterocycles. The first-order valence-electron chi connectivity index (χ1n) is 5.51. The van der Waals surface area contributed by atoms with E-state index in [-0.39, 0.29) is 30.6 Å². The third-order valence-corrected chi connectivity index (χ3v) is 2.77. The van der Waals surface area contributed by atoms with Crippen molar-refractivity contribution in [3.05, 3.63) is 35.0 Å². The largest absolute Gasteiger partial charge is 1.00 e. The maximum absolute atomic E-state index is 8.94. The van der Waals surface area contributed by atoms with Gasteiger partial charge in [-0.15, -0.1) is 0 Å². The van der Waals surface area contributed by atoms with Crippen molar-refractivity contribution >= 4 is 10.9 Å². The van der Waals surface area contributed by atoms with Gasteiger partial charge in [0.15, 0.2) is 12.7 Å². The minimum Gasteiger partial charge on any atom is -1.00 e. The molecule has 2 rings (SSSR count). The van der Waals surface area contributed by atoms with E-state index in [4.69, 9.17) is 5.11 Å². The summed E-state index contributed by atoms with van der Waals surface area (Å²) in [6, 6.07) is 4.30. The maximum Gasteiger partial charge on any atom is 0.199 e. The van der Waals surface area contributed by atoms with Crippen LogP contribution < -0.4 is 28.7 Å². The monoisotopic (exact) mass is 344 g/mol. The van der Waals surface area contributed by atoms with Crippen LogP contribution in [0.5, 0.6) is 0 Å². The van der Waals surface area contributed by atoms with E-state index in [1.807, 2.05) is 6.20 Å². The smallest absolute Gasteiger partial charge is 0.199 e. The molecule has 1 heterocycles. The summed E-state index contributed by atoms with van der Waals surface area (Å²) in [5, 5.41) is 14.7. The predicted octanol–water partition coefficient (Wildman–Crippen LogP) is -1.56. The van der Waals surface area contributed by atoms with Crippen molar-refractivity contribution in [2.45, 2.75) is 27.3 Å². The molecule has 0 spiro atoms. The van der Waals surface area contributed by atoms with Crippen LogP contribution in [0.1, 0.15) is 16.7 Å². The fourth-order valence-electron chi connectivity index (χ4n) is 2.06. The van der Waals surface area contributed by atoms with Crippen LogP contribution in [0.4, 0.5) is 0 Å². The van der Waals surface area contributed by atoms with E-state index in [1.54, 1.807) is 4.68 Å². The van der Waals surface area contributed by atoms with Crippen molar-refractivity contribution in [3.63, 3.8) is 0 Å². The first-order valence-corrected chi connectivity index (χ1v) is 5.51. The summed E-state index contributed by atoms with van der Waals surface area (Å²) >= 11 is 0. The number of hydrogen-bond donors (Lipinski definition) is 1. The van der Waals surface area contributed by atoms with E-state index < -0.39 is 0 Å². The van der Waals surface area contributed by atoms with Gasteiger partial charge in [-0.3, -0.25) is 0 Å². The minimum atomic E-state index is 0. The highest BCUT2D eigenvalue weighted by atomic mass is 127. The predicted molar refractivity (Wildman–Crippen MR) is 63.2 cm³/mol. The summed E-state index contributed by atoms with van der Waals surface area (Å²) in [5.41, 5.74) is 4.67. The van der Waals surface area contributed by atoms with E-state index in [9.17, 15) is 0 Å². The third kappa shape index (κ3) is 2.93. The van der Waals surface area contributed by atoms with Gasteiger partial charge in [-0.25, -0.2) is 0 Å². The lowest BCUT2D eigenvalue weighted by Gasteiger charge is -2.04. The lowest BCUT2D eigenvalue weighted by molar-refractivity contribution is -0.752. The van der Waals surface area contributed by atoms with Crippen LogP contribution in [-0.4, -0.2) is 16.8 Å². The Morgan fingerprint density at radius 3 is 2.53 bits per heavy atom. The SMILES string of the molecule is Cc1cc(C)c2n[n+](CCO)cc(C)c2c1.[I-]. The summed E-state index contributed by atoms with van der Waals surface area (Å²) in [7, 11) is 0. The van der Waals surface area contributed by atoms with Crippen LogP contribution in [0.2, 0.25) is 0 Å². The maximum atomic E-state index is 8.94. The van der Waals surface area contributed by atoms with Gasteiger partial charge in [-0.2, -0.15) is 0 Å². The van der Waals surface area contributed by atoms with Crippen LogP contribution in [0.25, 0.3) is 10.9 Å². The van der Waals surface area contributed by atoms with Crippen molar-refractivity contribution in [3.8, 4) is 0 Å². The van der Waals surface area contributed by atoms with Gasteiger partial charge >= 0.3 is 0 Å². The molecule has 0 amide bonds. The van der Waals surface area contributed by atoms with Crippen LogP contribution in [0.3, 0.4) is 0 Å². The standard InChI is InChI=1S/C13H17N2O.HI/c1-9-6-10(2)13-12(7-9)11(3)8-15(14-13)4-5-16;/h6-8,16H,4-5H2,1-3H3;1H/q+1;/p-1. The molecule has 0 aliphatic heterocycles. The summed E-state index contributed by atoms with van der Waals surface area (Å²) < 4.78 is 1.81. The highest BCUT2D eigenvalue weighted by molar-refractivity contribution is 5.84. The second kappa shape index (κ2) is 5.73. The molecule has 1 aromatic heterocycles. The van der Waals surface area contributed by atoms with Crippen molar-refractivity contribution in [1.29, 1.82) is 0 Å². The number of benzene rings is 1. The molecule has 3 nitrogen and oxygen atoms in total.